The van der Waals surface area contributed by atoms with Gasteiger partial charge in [-0.3, -0.25) is 4.89 Å². The SMILES string of the molecule is C=CCOC(=O)OOC. The van der Waals surface area contributed by atoms with E-state index in [2.05, 4.69) is 21.1 Å². The minimum absolute atomic E-state index is 0.127. The third-order valence-electron chi connectivity index (χ3n) is 0.470. The van der Waals surface area contributed by atoms with Crippen LogP contribution in [0.3, 0.4) is 0 Å². The fourth-order valence-corrected chi connectivity index (χ4v) is 0.219. The summed E-state index contributed by atoms with van der Waals surface area (Å²) in [6.45, 7) is 3.45. The van der Waals surface area contributed by atoms with E-state index in [0.29, 0.717) is 0 Å². The van der Waals surface area contributed by atoms with Crippen molar-refractivity contribution in [2.75, 3.05) is 13.7 Å². The first-order chi connectivity index (χ1) is 4.31. The van der Waals surface area contributed by atoms with Gasteiger partial charge in [-0.05, 0) is 0 Å². The van der Waals surface area contributed by atoms with Crippen LogP contribution in [-0.4, -0.2) is 19.9 Å². The molecule has 0 fully saturated rings. The van der Waals surface area contributed by atoms with Gasteiger partial charge in [-0.15, -0.1) is 0 Å². The number of hydrogen-bond acceptors (Lipinski definition) is 4. The molecule has 0 aliphatic heterocycles. The third kappa shape index (κ3) is 4.83. The molecule has 0 atom stereocenters. The minimum atomic E-state index is -0.864. The lowest BCUT2D eigenvalue weighted by Gasteiger charge is -1.97. The lowest BCUT2D eigenvalue weighted by atomic mass is 10.7. The zero-order valence-electron chi connectivity index (χ0n) is 5.12. The highest BCUT2D eigenvalue weighted by molar-refractivity contribution is 5.59. The molecule has 0 unspecified atom stereocenters. The van der Waals surface area contributed by atoms with E-state index in [-0.39, 0.29) is 6.61 Å². The van der Waals surface area contributed by atoms with Crippen molar-refractivity contribution in [2.24, 2.45) is 0 Å². The zero-order valence-corrected chi connectivity index (χ0v) is 5.12. The highest BCUT2D eigenvalue weighted by Crippen LogP contribution is 1.83. The third-order valence-corrected chi connectivity index (χ3v) is 0.470. The van der Waals surface area contributed by atoms with Crippen molar-refractivity contribution in [1.29, 1.82) is 0 Å². The molecular formula is C5H8O4. The Morgan fingerprint density at radius 2 is 2.44 bits per heavy atom. The van der Waals surface area contributed by atoms with E-state index in [1.54, 1.807) is 0 Å². The molecule has 0 amide bonds. The molecule has 0 aromatic carbocycles. The summed E-state index contributed by atoms with van der Waals surface area (Å²) < 4.78 is 4.33. The van der Waals surface area contributed by atoms with Gasteiger partial charge in [-0.2, -0.15) is 4.89 Å². The van der Waals surface area contributed by atoms with E-state index in [4.69, 9.17) is 0 Å². The van der Waals surface area contributed by atoms with Crippen LogP contribution in [0.2, 0.25) is 0 Å². The first kappa shape index (κ1) is 7.97. The molecule has 0 saturated heterocycles. The van der Waals surface area contributed by atoms with Gasteiger partial charge in [0, 0.05) is 0 Å². The van der Waals surface area contributed by atoms with Crippen LogP contribution in [-0.2, 0) is 14.5 Å². The molecule has 0 radical (unpaired) electrons. The van der Waals surface area contributed by atoms with Crippen LogP contribution in [0.15, 0.2) is 12.7 Å². The molecule has 0 bridgehead atoms. The van der Waals surface area contributed by atoms with Gasteiger partial charge in [0.2, 0.25) is 0 Å². The smallest absolute Gasteiger partial charge is 0.428 e. The van der Waals surface area contributed by atoms with Crippen LogP contribution < -0.4 is 0 Å². The summed E-state index contributed by atoms with van der Waals surface area (Å²) in [5.74, 6) is 0. The van der Waals surface area contributed by atoms with Crippen molar-refractivity contribution in [1.82, 2.24) is 0 Å². The van der Waals surface area contributed by atoms with Crippen molar-refractivity contribution in [3.05, 3.63) is 12.7 Å². The maximum Gasteiger partial charge on any atom is 0.540 e. The summed E-state index contributed by atoms with van der Waals surface area (Å²) in [5.41, 5.74) is 0. The van der Waals surface area contributed by atoms with Gasteiger partial charge in [0.05, 0.1) is 7.11 Å². The fraction of sp³-hybridized carbons (Fsp3) is 0.400. The van der Waals surface area contributed by atoms with Gasteiger partial charge < -0.3 is 4.74 Å². The molecule has 52 valence electrons. The van der Waals surface area contributed by atoms with Crippen LogP contribution >= 0.6 is 0 Å². The Bertz CT molecular complexity index is 99.1. The maximum absolute atomic E-state index is 10.2. The zero-order chi connectivity index (χ0) is 7.11. The molecule has 4 nitrogen and oxygen atoms in total. The fourth-order valence-electron chi connectivity index (χ4n) is 0.219. The Hall–Kier alpha value is -1.03. The summed E-state index contributed by atoms with van der Waals surface area (Å²) in [4.78, 5) is 18.1. The minimum Gasteiger partial charge on any atom is -0.428 e. The molecule has 0 heterocycles. The number of ether oxygens (including phenoxy) is 1. The second kappa shape index (κ2) is 5.11. The first-order valence-corrected chi connectivity index (χ1v) is 2.29. The molecule has 0 N–H and O–H groups in total. The molecule has 0 aliphatic rings. The van der Waals surface area contributed by atoms with Crippen molar-refractivity contribution in [3.63, 3.8) is 0 Å². The molecule has 0 rings (SSSR count). The van der Waals surface area contributed by atoms with Gasteiger partial charge in [-0.1, -0.05) is 12.7 Å². The van der Waals surface area contributed by atoms with E-state index in [9.17, 15) is 4.79 Å². The highest BCUT2D eigenvalue weighted by Gasteiger charge is 1.99. The van der Waals surface area contributed by atoms with E-state index < -0.39 is 6.16 Å². The lowest BCUT2D eigenvalue weighted by Crippen LogP contribution is -2.05. The van der Waals surface area contributed by atoms with Gasteiger partial charge in [0.25, 0.3) is 0 Å². The molecule has 0 aromatic rings. The highest BCUT2D eigenvalue weighted by atomic mass is 17.2. The van der Waals surface area contributed by atoms with Crippen LogP contribution in [0, 0.1) is 0 Å². The Balaban J connectivity index is 3.16. The average molecular weight is 132 g/mol. The van der Waals surface area contributed by atoms with Crippen LogP contribution in [0.1, 0.15) is 0 Å². The molecule has 4 heteroatoms. The first-order valence-electron chi connectivity index (χ1n) is 2.29. The number of carbonyl (C=O) groups excluding carboxylic acids is 1. The lowest BCUT2D eigenvalue weighted by molar-refractivity contribution is -0.230. The molecule has 9 heavy (non-hydrogen) atoms. The summed E-state index contributed by atoms with van der Waals surface area (Å²) >= 11 is 0. The Kier molecular flexibility index (Phi) is 4.53. The summed E-state index contributed by atoms with van der Waals surface area (Å²) in [5, 5.41) is 0. The van der Waals surface area contributed by atoms with Gasteiger partial charge in [-0.25, -0.2) is 4.79 Å². The standard InChI is InChI=1S/C5H8O4/c1-3-4-8-5(6)9-7-2/h3H,1,4H2,2H3. The van der Waals surface area contributed by atoms with Gasteiger partial charge in [0.1, 0.15) is 6.61 Å². The van der Waals surface area contributed by atoms with E-state index in [0.717, 1.165) is 0 Å². The molecule has 0 aliphatic carbocycles. The average Bonchev–Trinajstić information content (AvgIpc) is 1.85. The van der Waals surface area contributed by atoms with Crippen molar-refractivity contribution < 1.29 is 19.3 Å². The normalized spacial score (nSPS) is 8.11. The molecule has 0 spiro atoms. The van der Waals surface area contributed by atoms with E-state index in [1.165, 1.54) is 13.2 Å². The van der Waals surface area contributed by atoms with Gasteiger partial charge in [0.15, 0.2) is 0 Å². The molecule has 0 aromatic heterocycles. The van der Waals surface area contributed by atoms with Crippen molar-refractivity contribution >= 4 is 6.16 Å². The Morgan fingerprint density at radius 1 is 1.78 bits per heavy atom. The maximum atomic E-state index is 10.2. The van der Waals surface area contributed by atoms with Crippen molar-refractivity contribution in [3.8, 4) is 0 Å². The van der Waals surface area contributed by atoms with Crippen molar-refractivity contribution in [2.45, 2.75) is 0 Å². The topological polar surface area (TPSA) is 44.8 Å². The van der Waals surface area contributed by atoms with Crippen LogP contribution in [0.5, 0.6) is 0 Å². The predicted molar refractivity (Wildman–Crippen MR) is 29.6 cm³/mol. The van der Waals surface area contributed by atoms with Crippen LogP contribution in [0.25, 0.3) is 0 Å². The van der Waals surface area contributed by atoms with E-state index in [1.807, 2.05) is 0 Å². The second-order valence-corrected chi connectivity index (χ2v) is 1.10. The monoisotopic (exact) mass is 132 g/mol. The molecular weight excluding hydrogens is 124 g/mol. The van der Waals surface area contributed by atoms with Gasteiger partial charge >= 0.3 is 6.16 Å². The second-order valence-electron chi connectivity index (χ2n) is 1.10. The largest absolute Gasteiger partial charge is 0.540 e. The number of hydrogen-bond donors (Lipinski definition) is 0. The van der Waals surface area contributed by atoms with Crippen LogP contribution in [0.4, 0.5) is 4.79 Å². The quantitative estimate of drug-likeness (QED) is 0.247. The van der Waals surface area contributed by atoms with E-state index >= 15 is 0 Å². The number of rotatable bonds is 3. The Labute approximate surface area is 52.9 Å². The Morgan fingerprint density at radius 3 is 2.89 bits per heavy atom. The summed E-state index contributed by atoms with van der Waals surface area (Å²) in [6, 6.07) is 0. The summed E-state index contributed by atoms with van der Waals surface area (Å²) in [6.07, 6.45) is 0.564. The predicted octanol–water partition coefficient (Wildman–Crippen LogP) is 0.887. The number of carbonyl (C=O) groups is 1. The molecule has 0 saturated carbocycles. The summed E-state index contributed by atoms with van der Waals surface area (Å²) in [7, 11) is 1.22.